The molecular formula is C44H28. The number of hydrogen-bond donors (Lipinski definition) is 0. The van der Waals surface area contributed by atoms with Gasteiger partial charge in [0, 0.05) is 0 Å². The van der Waals surface area contributed by atoms with Gasteiger partial charge in [0.05, 0.1) is 0 Å². The molecule has 0 heteroatoms. The smallest absolute Gasteiger partial charge is 0.00259 e. The van der Waals surface area contributed by atoms with E-state index in [1.165, 1.54) is 87.2 Å². The Kier molecular flexibility index (Phi) is 5.61. The molecule has 0 nitrogen and oxygen atoms in total. The average Bonchev–Trinajstić information content (AvgIpc) is 3.10. The first-order valence-corrected chi connectivity index (χ1v) is 15.3. The molecule has 0 spiro atoms. The Balaban J connectivity index is 1.37. The van der Waals surface area contributed by atoms with Crippen molar-refractivity contribution in [2.24, 2.45) is 0 Å². The van der Waals surface area contributed by atoms with Crippen LogP contribution in [0.25, 0.3) is 87.2 Å². The van der Waals surface area contributed by atoms with Crippen LogP contribution in [0.3, 0.4) is 0 Å². The van der Waals surface area contributed by atoms with Gasteiger partial charge in [0.15, 0.2) is 0 Å². The molecule has 0 unspecified atom stereocenters. The van der Waals surface area contributed by atoms with E-state index < -0.39 is 0 Å². The lowest BCUT2D eigenvalue weighted by molar-refractivity contribution is 1.63. The maximum absolute atomic E-state index is 2.43. The van der Waals surface area contributed by atoms with Crippen LogP contribution in [-0.4, -0.2) is 0 Å². The molecule has 204 valence electrons. The van der Waals surface area contributed by atoms with Crippen LogP contribution in [0.4, 0.5) is 0 Å². The molecule has 0 radical (unpaired) electrons. The molecule has 44 heavy (non-hydrogen) atoms. The van der Waals surface area contributed by atoms with E-state index in [1.54, 1.807) is 0 Å². The SMILES string of the molecule is c1ccc(-c2cc3cc(-c4ccc5ccccc5c4)c4ccccc4c3c3ccccc23)c(-c2cccc3ccccc23)c1. The minimum atomic E-state index is 1.24. The quantitative estimate of drug-likeness (QED) is 0.190. The largest absolute Gasteiger partial charge is 0.0616 e. The Hall–Kier alpha value is -5.72. The van der Waals surface area contributed by atoms with Crippen LogP contribution in [0.5, 0.6) is 0 Å². The molecule has 0 atom stereocenters. The fourth-order valence-electron chi connectivity index (χ4n) is 7.21. The van der Waals surface area contributed by atoms with Crippen LogP contribution >= 0.6 is 0 Å². The summed E-state index contributed by atoms with van der Waals surface area (Å²) in [6.07, 6.45) is 0. The molecule has 0 bridgehead atoms. The number of benzene rings is 9. The summed E-state index contributed by atoms with van der Waals surface area (Å²) < 4.78 is 0. The van der Waals surface area contributed by atoms with Crippen molar-refractivity contribution in [1.82, 2.24) is 0 Å². The lowest BCUT2D eigenvalue weighted by atomic mass is 9.85. The minimum Gasteiger partial charge on any atom is -0.0616 e. The van der Waals surface area contributed by atoms with Crippen molar-refractivity contribution in [3.05, 3.63) is 170 Å². The molecule has 9 aromatic rings. The van der Waals surface area contributed by atoms with E-state index in [0.717, 1.165) is 0 Å². The van der Waals surface area contributed by atoms with Crippen LogP contribution in [0.1, 0.15) is 0 Å². The highest BCUT2D eigenvalue weighted by atomic mass is 14.2. The summed E-state index contributed by atoms with van der Waals surface area (Å²) in [5.74, 6) is 0. The van der Waals surface area contributed by atoms with Gasteiger partial charge in [-0.2, -0.15) is 0 Å². The molecule has 9 aromatic carbocycles. The van der Waals surface area contributed by atoms with Crippen molar-refractivity contribution >= 4 is 53.9 Å². The molecule has 0 aliphatic carbocycles. The average molecular weight is 557 g/mol. The van der Waals surface area contributed by atoms with Gasteiger partial charge in [0.25, 0.3) is 0 Å². The van der Waals surface area contributed by atoms with Gasteiger partial charge in [-0.05, 0) is 105 Å². The van der Waals surface area contributed by atoms with E-state index in [9.17, 15) is 0 Å². The van der Waals surface area contributed by atoms with Crippen molar-refractivity contribution < 1.29 is 0 Å². The summed E-state index contributed by atoms with van der Waals surface area (Å²) in [7, 11) is 0. The Bertz CT molecular complexity index is 2550. The maximum atomic E-state index is 2.43. The van der Waals surface area contributed by atoms with Gasteiger partial charge in [-0.1, -0.05) is 152 Å². The van der Waals surface area contributed by atoms with Gasteiger partial charge in [-0.15, -0.1) is 0 Å². The Labute approximate surface area is 256 Å². The van der Waals surface area contributed by atoms with E-state index in [-0.39, 0.29) is 0 Å². The number of hydrogen-bond acceptors (Lipinski definition) is 0. The summed E-state index contributed by atoms with van der Waals surface area (Å²) in [4.78, 5) is 0. The van der Waals surface area contributed by atoms with E-state index >= 15 is 0 Å². The van der Waals surface area contributed by atoms with Crippen LogP contribution in [0.15, 0.2) is 170 Å². The first-order chi connectivity index (χ1) is 21.8. The molecule has 0 aromatic heterocycles. The van der Waals surface area contributed by atoms with Crippen molar-refractivity contribution in [2.45, 2.75) is 0 Å². The zero-order valence-electron chi connectivity index (χ0n) is 24.2. The number of rotatable bonds is 3. The first-order valence-electron chi connectivity index (χ1n) is 15.3. The molecule has 0 amide bonds. The summed E-state index contributed by atoms with van der Waals surface area (Å²) in [5, 5.41) is 12.8. The first kappa shape index (κ1) is 24.8. The maximum Gasteiger partial charge on any atom is -0.00259 e. The molecule has 9 rings (SSSR count). The minimum absolute atomic E-state index is 1.24. The predicted molar refractivity (Wildman–Crippen MR) is 190 cm³/mol. The van der Waals surface area contributed by atoms with Crippen molar-refractivity contribution in [3.63, 3.8) is 0 Å². The van der Waals surface area contributed by atoms with Crippen molar-refractivity contribution in [1.29, 1.82) is 0 Å². The summed E-state index contributed by atoms with van der Waals surface area (Å²) >= 11 is 0. The second-order valence-electron chi connectivity index (χ2n) is 11.7. The van der Waals surface area contributed by atoms with Gasteiger partial charge < -0.3 is 0 Å². The summed E-state index contributed by atoms with van der Waals surface area (Å²) in [6, 6.07) is 62.4. The van der Waals surface area contributed by atoms with Gasteiger partial charge in [0.1, 0.15) is 0 Å². The molecule has 0 saturated carbocycles. The molecule has 0 aliphatic rings. The zero-order chi connectivity index (χ0) is 29.0. The van der Waals surface area contributed by atoms with Crippen LogP contribution in [0.2, 0.25) is 0 Å². The molecule has 0 aliphatic heterocycles. The molecule has 0 N–H and O–H groups in total. The summed E-state index contributed by atoms with van der Waals surface area (Å²) in [5.41, 5.74) is 7.54. The lowest BCUT2D eigenvalue weighted by Gasteiger charge is -2.18. The molecule has 0 saturated heterocycles. The van der Waals surface area contributed by atoms with E-state index in [0.29, 0.717) is 0 Å². The second kappa shape index (κ2) is 9.93. The van der Waals surface area contributed by atoms with E-state index in [1.807, 2.05) is 0 Å². The normalized spacial score (nSPS) is 11.6. The topological polar surface area (TPSA) is 0 Å². The van der Waals surface area contributed by atoms with Crippen LogP contribution in [-0.2, 0) is 0 Å². The molecule has 0 heterocycles. The Morgan fingerprint density at radius 2 is 0.727 bits per heavy atom. The zero-order valence-corrected chi connectivity index (χ0v) is 24.2. The third kappa shape index (κ3) is 3.85. The lowest BCUT2D eigenvalue weighted by Crippen LogP contribution is -1.91. The van der Waals surface area contributed by atoms with E-state index in [4.69, 9.17) is 0 Å². The molecular weight excluding hydrogens is 528 g/mol. The van der Waals surface area contributed by atoms with Gasteiger partial charge >= 0.3 is 0 Å². The monoisotopic (exact) mass is 556 g/mol. The fourth-order valence-corrected chi connectivity index (χ4v) is 7.21. The third-order valence-electron chi connectivity index (χ3n) is 9.22. The van der Waals surface area contributed by atoms with Crippen LogP contribution in [0, 0.1) is 0 Å². The predicted octanol–water partition coefficient (Wildman–Crippen LogP) is 12.5. The summed E-state index contributed by atoms with van der Waals surface area (Å²) in [6.45, 7) is 0. The van der Waals surface area contributed by atoms with Gasteiger partial charge in [0.2, 0.25) is 0 Å². The second-order valence-corrected chi connectivity index (χ2v) is 11.7. The Morgan fingerprint density at radius 3 is 1.48 bits per heavy atom. The van der Waals surface area contributed by atoms with Crippen molar-refractivity contribution in [3.8, 4) is 33.4 Å². The number of fused-ring (bicyclic) bond motifs is 7. The van der Waals surface area contributed by atoms with Crippen LogP contribution < -0.4 is 0 Å². The fraction of sp³-hybridized carbons (Fsp3) is 0. The standard InChI is InChI=1S/C44H28/c1-2-14-31-26-32(25-24-29(31)12-1)42-27-33-28-43(39-20-8-10-22-41(39)44(33)40-21-9-7-19-38(40)42)37-18-6-5-17-36(37)35-23-11-15-30-13-3-4-16-34(30)35/h1-28H. The highest BCUT2D eigenvalue weighted by Gasteiger charge is 2.17. The highest BCUT2D eigenvalue weighted by Crippen LogP contribution is 2.44. The Morgan fingerprint density at radius 1 is 0.227 bits per heavy atom. The van der Waals surface area contributed by atoms with Gasteiger partial charge in [-0.25, -0.2) is 0 Å². The van der Waals surface area contributed by atoms with Crippen molar-refractivity contribution in [2.75, 3.05) is 0 Å². The van der Waals surface area contributed by atoms with E-state index in [2.05, 4.69) is 170 Å². The molecule has 0 fully saturated rings. The van der Waals surface area contributed by atoms with Gasteiger partial charge in [-0.3, -0.25) is 0 Å². The third-order valence-corrected chi connectivity index (χ3v) is 9.22. The highest BCUT2D eigenvalue weighted by molar-refractivity contribution is 6.26.